The SMILES string of the molecule is Cc1cc(C(=O)NC2COC2)ccc1O. The largest absolute Gasteiger partial charge is 0.508 e. The van der Waals surface area contributed by atoms with Crippen molar-refractivity contribution >= 4 is 5.91 Å². The number of ether oxygens (including phenoxy) is 1. The molecule has 2 rings (SSSR count). The number of carbonyl (C=O) groups is 1. The van der Waals surface area contributed by atoms with Gasteiger partial charge in [0, 0.05) is 5.56 Å². The summed E-state index contributed by atoms with van der Waals surface area (Å²) in [4.78, 5) is 11.7. The first-order valence-electron chi connectivity index (χ1n) is 4.85. The molecule has 1 aromatic rings. The van der Waals surface area contributed by atoms with Crippen molar-refractivity contribution in [2.45, 2.75) is 13.0 Å². The van der Waals surface area contributed by atoms with E-state index in [0.717, 1.165) is 0 Å². The number of rotatable bonds is 2. The molecule has 0 spiro atoms. The zero-order chi connectivity index (χ0) is 10.8. The molecule has 0 bridgehead atoms. The van der Waals surface area contributed by atoms with E-state index in [2.05, 4.69) is 5.32 Å². The molecule has 4 heteroatoms. The molecule has 1 heterocycles. The van der Waals surface area contributed by atoms with Crippen molar-refractivity contribution in [1.82, 2.24) is 5.32 Å². The predicted molar refractivity (Wildman–Crippen MR) is 54.9 cm³/mol. The van der Waals surface area contributed by atoms with Crippen LogP contribution in [0.3, 0.4) is 0 Å². The first-order valence-corrected chi connectivity index (χ1v) is 4.85. The maximum absolute atomic E-state index is 11.7. The van der Waals surface area contributed by atoms with Gasteiger partial charge in [-0.2, -0.15) is 0 Å². The zero-order valence-electron chi connectivity index (χ0n) is 8.49. The number of benzene rings is 1. The van der Waals surface area contributed by atoms with E-state index in [9.17, 15) is 9.90 Å². The van der Waals surface area contributed by atoms with Gasteiger partial charge >= 0.3 is 0 Å². The van der Waals surface area contributed by atoms with Crippen LogP contribution in [0.4, 0.5) is 0 Å². The van der Waals surface area contributed by atoms with Crippen LogP contribution in [-0.4, -0.2) is 30.3 Å². The minimum atomic E-state index is -0.119. The highest BCUT2D eigenvalue weighted by atomic mass is 16.5. The van der Waals surface area contributed by atoms with Crippen molar-refractivity contribution < 1.29 is 14.6 Å². The number of nitrogens with one attached hydrogen (secondary N) is 1. The van der Waals surface area contributed by atoms with E-state index in [1.807, 2.05) is 0 Å². The average Bonchev–Trinajstić information content (AvgIpc) is 2.15. The summed E-state index contributed by atoms with van der Waals surface area (Å²) in [5.74, 6) is 0.0879. The molecule has 1 amide bonds. The third kappa shape index (κ3) is 2.10. The van der Waals surface area contributed by atoms with Gasteiger partial charge in [-0.05, 0) is 30.7 Å². The minimum absolute atomic E-state index is 0.119. The second kappa shape index (κ2) is 3.90. The third-order valence-corrected chi connectivity index (χ3v) is 2.43. The first-order chi connectivity index (χ1) is 7.16. The lowest BCUT2D eigenvalue weighted by Crippen LogP contribution is -2.48. The molecule has 15 heavy (non-hydrogen) atoms. The van der Waals surface area contributed by atoms with Gasteiger partial charge in [0.05, 0.1) is 19.3 Å². The van der Waals surface area contributed by atoms with E-state index >= 15 is 0 Å². The van der Waals surface area contributed by atoms with Gasteiger partial charge in [0.25, 0.3) is 5.91 Å². The van der Waals surface area contributed by atoms with Gasteiger partial charge in [0.1, 0.15) is 5.75 Å². The molecule has 0 aliphatic carbocycles. The van der Waals surface area contributed by atoms with Crippen molar-refractivity contribution in [2.75, 3.05) is 13.2 Å². The van der Waals surface area contributed by atoms with Gasteiger partial charge in [-0.15, -0.1) is 0 Å². The fourth-order valence-electron chi connectivity index (χ4n) is 1.38. The molecular formula is C11H13NO3. The van der Waals surface area contributed by atoms with E-state index in [1.54, 1.807) is 19.1 Å². The van der Waals surface area contributed by atoms with E-state index in [1.165, 1.54) is 6.07 Å². The summed E-state index contributed by atoms with van der Waals surface area (Å²) >= 11 is 0. The number of aryl methyl sites for hydroxylation is 1. The predicted octanol–water partition coefficient (Wildman–Crippen LogP) is 0.829. The highest BCUT2D eigenvalue weighted by Crippen LogP contribution is 2.17. The Bertz CT molecular complexity index is 385. The highest BCUT2D eigenvalue weighted by molar-refractivity contribution is 5.94. The van der Waals surface area contributed by atoms with Crippen molar-refractivity contribution in [3.05, 3.63) is 29.3 Å². The lowest BCUT2D eigenvalue weighted by Gasteiger charge is -2.26. The number of aromatic hydroxyl groups is 1. The average molecular weight is 207 g/mol. The van der Waals surface area contributed by atoms with Gasteiger partial charge in [-0.3, -0.25) is 4.79 Å². The Morgan fingerprint density at radius 2 is 2.27 bits per heavy atom. The summed E-state index contributed by atoms with van der Waals surface area (Å²) in [5.41, 5.74) is 1.27. The van der Waals surface area contributed by atoms with Crippen LogP contribution >= 0.6 is 0 Å². The number of amides is 1. The molecule has 1 aliphatic rings. The lowest BCUT2D eigenvalue weighted by molar-refractivity contribution is -0.00346. The molecule has 2 N–H and O–H groups in total. The van der Waals surface area contributed by atoms with Gasteiger partial charge in [0.2, 0.25) is 0 Å². The van der Waals surface area contributed by atoms with E-state index in [0.29, 0.717) is 24.3 Å². The van der Waals surface area contributed by atoms with E-state index in [-0.39, 0.29) is 17.7 Å². The van der Waals surface area contributed by atoms with Crippen LogP contribution in [0.5, 0.6) is 5.75 Å². The van der Waals surface area contributed by atoms with Gasteiger partial charge in [-0.1, -0.05) is 0 Å². The van der Waals surface area contributed by atoms with Gasteiger partial charge < -0.3 is 15.2 Å². The van der Waals surface area contributed by atoms with Gasteiger partial charge in [-0.25, -0.2) is 0 Å². The van der Waals surface area contributed by atoms with Crippen LogP contribution in [0, 0.1) is 6.92 Å². The maximum Gasteiger partial charge on any atom is 0.251 e. The van der Waals surface area contributed by atoms with Crippen molar-refractivity contribution in [1.29, 1.82) is 0 Å². The molecule has 0 atom stereocenters. The third-order valence-electron chi connectivity index (χ3n) is 2.43. The van der Waals surface area contributed by atoms with Crippen LogP contribution < -0.4 is 5.32 Å². The van der Waals surface area contributed by atoms with Crippen LogP contribution in [-0.2, 0) is 4.74 Å². The summed E-state index contributed by atoms with van der Waals surface area (Å²) in [6, 6.07) is 4.94. The molecular weight excluding hydrogens is 194 g/mol. The minimum Gasteiger partial charge on any atom is -0.508 e. The lowest BCUT2D eigenvalue weighted by atomic mass is 10.1. The molecule has 1 saturated heterocycles. The van der Waals surface area contributed by atoms with Crippen molar-refractivity contribution in [2.24, 2.45) is 0 Å². The fraction of sp³-hybridized carbons (Fsp3) is 0.364. The Labute approximate surface area is 87.9 Å². The molecule has 80 valence electrons. The quantitative estimate of drug-likeness (QED) is 0.755. The topological polar surface area (TPSA) is 58.6 Å². The van der Waals surface area contributed by atoms with Gasteiger partial charge in [0.15, 0.2) is 0 Å². The summed E-state index contributed by atoms with van der Waals surface area (Å²) < 4.78 is 4.96. The Morgan fingerprint density at radius 1 is 1.53 bits per heavy atom. The molecule has 1 aromatic carbocycles. The molecule has 0 aromatic heterocycles. The summed E-state index contributed by atoms with van der Waals surface area (Å²) in [6.07, 6.45) is 0. The van der Waals surface area contributed by atoms with Crippen LogP contribution in [0.25, 0.3) is 0 Å². The summed E-state index contributed by atoms with van der Waals surface area (Å²) in [7, 11) is 0. The smallest absolute Gasteiger partial charge is 0.251 e. The first kappa shape index (κ1) is 9.98. The molecule has 0 saturated carbocycles. The number of hydrogen-bond acceptors (Lipinski definition) is 3. The molecule has 0 radical (unpaired) electrons. The Morgan fingerprint density at radius 3 is 2.80 bits per heavy atom. The Kier molecular flexibility index (Phi) is 2.60. The Hall–Kier alpha value is -1.55. The second-order valence-electron chi connectivity index (χ2n) is 3.71. The van der Waals surface area contributed by atoms with E-state index in [4.69, 9.17) is 4.74 Å². The normalized spacial score (nSPS) is 15.8. The van der Waals surface area contributed by atoms with Crippen molar-refractivity contribution in [3.8, 4) is 5.75 Å². The molecule has 1 fully saturated rings. The number of carbonyl (C=O) groups excluding carboxylic acids is 1. The van der Waals surface area contributed by atoms with Crippen LogP contribution in [0.2, 0.25) is 0 Å². The number of hydrogen-bond donors (Lipinski definition) is 2. The zero-order valence-corrected chi connectivity index (χ0v) is 8.49. The van der Waals surface area contributed by atoms with Crippen molar-refractivity contribution in [3.63, 3.8) is 0 Å². The standard InChI is InChI=1S/C11H13NO3/c1-7-4-8(2-3-10(7)13)11(14)12-9-5-15-6-9/h2-4,9,13H,5-6H2,1H3,(H,12,14). The fourth-order valence-corrected chi connectivity index (χ4v) is 1.38. The monoisotopic (exact) mass is 207 g/mol. The van der Waals surface area contributed by atoms with E-state index < -0.39 is 0 Å². The number of phenols is 1. The maximum atomic E-state index is 11.7. The number of phenolic OH excluding ortho intramolecular Hbond substituents is 1. The van der Waals surface area contributed by atoms with Crippen LogP contribution in [0.15, 0.2) is 18.2 Å². The Balaban J connectivity index is 2.07. The molecule has 1 aliphatic heterocycles. The van der Waals surface area contributed by atoms with Crippen LogP contribution in [0.1, 0.15) is 15.9 Å². The molecule has 0 unspecified atom stereocenters. The summed E-state index contributed by atoms with van der Waals surface area (Å²) in [5, 5.41) is 12.1. The molecule has 4 nitrogen and oxygen atoms in total. The summed E-state index contributed by atoms with van der Waals surface area (Å²) in [6.45, 7) is 2.93. The second-order valence-corrected chi connectivity index (χ2v) is 3.71. The highest BCUT2D eigenvalue weighted by Gasteiger charge is 2.21.